The molecule has 0 atom stereocenters. The van der Waals surface area contributed by atoms with Gasteiger partial charge in [0.05, 0.1) is 0 Å². The van der Waals surface area contributed by atoms with E-state index < -0.39 is 5.83 Å². The van der Waals surface area contributed by atoms with Gasteiger partial charge in [-0.25, -0.2) is 4.39 Å². The molecule has 0 aliphatic carbocycles. The van der Waals surface area contributed by atoms with Gasteiger partial charge in [-0.15, -0.1) is 0 Å². The van der Waals surface area contributed by atoms with Crippen LogP contribution in [0.4, 0.5) is 4.39 Å². The Morgan fingerprint density at radius 3 is 2.12 bits per heavy atom. The number of pyridine rings is 1. The van der Waals surface area contributed by atoms with Crippen LogP contribution in [0.2, 0.25) is 0 Å². The molecular weight excluding hydrogens is 201 g/mol. The highest BCUT2D eigenvalue weighted by Crippen LogP contribution is 2.19. The lowest BCUT2D eigenvalue weighted by molar-refractivity contribution is 0.673. The minimum absolute atomic E-state index is 0.434. The lowest BCUT2D eigenvalue weighted by Gasteiger charge is -2.01. The summed E-state index contributed by atoms with van der Waals surface area (Å²) in [5.74, 6) is -0.434. The van der Waals surface area contributed by atoms with E-state index in [0.29, 0.717) is 0 Å². The van der Waals surface area contributed by atoms with E-state index in [9.17, 15) is 4.39 Å². The maximum Gasteiger partial charge on any atom is 0.101 e. The monoisotopic (exact) mass is 212 g/mol. The summed E-state index contributed by atoms with van der Waals surface area (Å²) < 4.78 is 12.6. The molecule has 1 aromatic carbocycles. The second kappa shape index (κ2) is 4.71. The maximum absolute atomic E-state index is 12.6. The van der Waals surface area contributed by atoms with Crippen molar-refractivity contribution in [2.45, 2.75) is 0 Å². The standard InChI is InChI=1S/C14H11FN/c1-11(15)10-12-2-4-13(5-3-12)14-6-8-16-9-7-14/h2-10H,1H2/b11-10-. The first-order chi connectivity index (χ1) is 7.75. The molecule has 0 aliphatic rings. The molecule has 0 aliphatic heterocycles. The van der Waals surface area contributed by atoms with E-state index in [1.807, 2.05) is 36.4 Å². The number of aromatic nitrogens is 1. The first kappa shape index (κ1) is 10.6. The van der Waals surface area contributed by atoms with E-state index in [2.05, 4.69) is 11.9 Å². The molecule has 0 saturated carbocycles. The number of hydrogen-bond donors (Lipinski definition) is 0. The quantitative estimate of drug-likeness (QED) is 0.735. The van der Waals surface area contributed by atoms with E-state index in [1.54, 1.807) is 12.4 Å². The summed E-state index contributed by atoms with van der Waals surface area (Å²) in [5.41, 5.74) is 3.00. The first-order valence-corrected chi connectivity index (χ1v) is 4.95. The second-order valence-electron chi connectivity index (χ2n) is 3.45. The molecule has 1 aromatic heterocycles. The zero-order valence-corrected chi connectivity index (χ0v) is 8.73. The number of allylic oxidation sites excluding steroid dienone is 1. The van der Waals surface area contributed by atoms with Crippen molar-refractivity contribution in [2.75, 3.05) is 0 Å². The number of hydrogen-bond acceptors (Lipinski definition) is 1. The molecule has 2 heteroatoms. The fourth-order valence-corrected chi connectivity index (χ4v) is 1.50. The minimum atomic E-state index is -0.434. The van der Waals surface area contributed by atoms with Crippen LogP contribution in [0.1, 0.15) is 5.56 Å². The molecule has 0 spiro atoms. The third kappa shape index (κ3) is 2.54. The number of halogens is 1. The predicted molar refractivity (Wildman–Crippen MR) is 64.1 cm³/mol. The first-order valence-electron chi connectivity index (χ1n) is 4.95. The molecule has 0 fully saturated rings. The molecule has 79 valence electrons. The predicted octanol–water partition coefficient (Wildman–Crippen LogP) is 3.89. The van der Waals surface area contributed by atoms with Crippen molar-refractivity contribution in [3.63, 3.8) is 0 Å². The number of nitrogens with zero attached hydrogens (tertiary/aromatic N) is 1. The van der Waals surface area contributed by atoms with Gasteiger partial charge in [0.1, 0.15) is 5.83 Å². The van der Waals surface area contributed by atoms with Crippen molar-refractivity contribution in [1.82, 2.24) is 4.98 Å². The lowest BCUT2D eigenvalue weighted by Crippen LogP contribution is -1.79. The highest BCUT2D eigenvalue weighted by Gasteiger charge is 1.96. The Bertz CT molecular complexity index is 482. The smallest absolute Gasteiger partial charge is 0.101 e. The Balaban J connectivity index is 2.30. The van der Waals surface area contributed by atoms with Gasteiger partial charge >= 0.3 is 0 Å². The zero-order valence-electron chi connectivity index (χ0n) is 8.73. The molecule has 0 saturated heterocycles. The van der Waals surface area contributed by atoms with Crippen molar-refractivity contribution in [2.24, 2.45) is 0 Å². The topological polar surface area (TPSA) is 12.9 Å². The fraction of sp³-hybridized carbons (Fsp3) is 0. The van der Waals surface area contributed by atoms with E-state index in [4.69, 9.17) is 0 Å². The van der Waals surface area contributed by atoms with Gasteiger partial charge in [0, 0.05) is 19.3 Å². The summed E-state index contributed by atoms with van der Waals surface area (Å²) in [5, 5.41) is 0. The lowest BCUT2D eigenvalue weighted by atomic mass is 10.1. The van der Waals surface area contributed by atoms with Gasteiger partial charge in [0.25, 0.3) is 0 Å². The Morgan fingerprint density at radius 1 is 1.00 bits per heavy atom. The van der Waals surface area contributed by atoms with Gasteiger partial charge in [-0.2, -0.15) is 0 Å². The van der Waals surface area contributed by atoms with Crippen molar-refractivity contribution < 1.29 is 4.39 Å². The average Bonchev–Trinajstić information content (AvgIpc) is 2.30. The second-order valence-corrected chi connectivity index (χ2v) is 3.45. The molecule has 0 amide bonds. The molecular formula is C14H11FN. The van der Waals surface area contributed by atoms with Crippen LogP contribution in [-0.2, 0) is 0 Å². The van der Waals surface area contributed by atoms with Crippen molar-refractivity contribution in [1.29, 1.82) is 0 Å². The Kier molecular flexibility index (Phi) is 3.10. The van der Waals surface area contributed by atoms with E-state index in [0.717, 1.165) is 16.7 Å². The van der Waals surface area contributed by atoms with Crippen molar-refractivity contribution >= 4 is 6.08 Å². The van der Waals surface area contributed by atoms with Gasteiger partial charge < -0.3 is 0 Å². The van der Waals surface area contributed by atoms with E-state index in [-0.39, 0.29) is 0 Å². The Morgan fingerprint density at radius 2 is 1.56 bits per heavy atom. The molecule has 1 heterocycles. The van der Waals surface area contributed by atoms with Crippen molar-refractivity contribution in [3.05, 3.63) is 67.1 Å². The normalized spacial score (nSPS) is 11.5. The van der Waals surface area contributed by atoms with Crippen LogP contribution in [0.5, 0.6) is 0 Å². The summed E-state index contributed by atoms with van der Waals surface area (Å²) in [6.45, 7) is 3.20. The third-order valence-electron chi connectivity index (χ3n) is 2.25. The maximum atomic E-state index is 12.6. The molecule has 0 bridgehead atoms. The molecule has 0 N–H and O–H groups in total. The van der Waals surface area contributed by atoms with E-state index in [1.165, 1.54) is 6.08 Å². The van der Waals surface area contributed by atoms with Crippen LogP contribution >= 0.6 is 0 Å². The summed E-state index contributed by atoms with van der Waals surface area (Å²) >= 11 is 0. The summed E-state index contributed by atoms with van der Waals surface area (Å²) in [6, 6.07) is 11.5. The average molecular weight is 212 g/mol. The van der Waals surface area contributed by atoms with Gasteiger partial charge in [-0.1, -0.05) is 24.3 Å². The fourth-order valence-electron chi connectivity index (χ4n) is 1.50. The minimum Gasteiger partial charge on any atom is -0.265 e. The largest absolute Gasteiger partial charge is 0.265 e. The van der Waals surface area contributed by atoms with Crippen molar-refractivity contribution in [3.8, 4) is 11.1 Å². The number of rotatable bonds is 2. The third-order valence-corrected chi connectivity index (χ3v) is 2.25. The number of benzene rings is 1. The SMILES string of the molecule is [CH2]/C(F)=C/c1ccc(-c2ccncc2)cc1. The van der Waals surface area contributed by atoms with Gasteiger partial charge in [0.15, 0.2) is 0 Å². The van der Waals surface area contributed by atoms with Gasteiger partial charge in [-0.05, 0) is 34.9 Å². The highest BCUT2D eigenvalue weighted by atomic mass is 19.1. The zero-order chi connectivity index (χ0) is 11.4. The van der Waals surface area contributed by atoms with Crippen LogP contribution in [0.25, 0.3) is 17.2 Å². The van der Waals surface area contributed by atoms with Crippen LogP contribution < -0.4 is 0 Å². The highest BCUT2D eigenvalue weighted by molar-refractivity contribution is 5.65. The van der Waals surface area contributed by atoms with Crippen LogP contribution in [0.15, 0.2) is 54.6 Å². The molecule has 1 nitrogen and oxygen atoms in total. The van der Waals surface area contributed by atoms with Crippen LogP contribution in [0, 0.1) is 6.92 Å². The molecule has 1 radical (unpaired) electrons. The Labute approximate surface area is 94.3 Å². The molecule has 0 unspecified atom stereocenters. The Hall–Kier alpha value is -1.96. The van der Waals surface area contributed by atoms with Crippen LogP contribution in [0.3, 0.4) is 0 Å². The van der Waals surface area contributed by atoms with Gasteiger partial charge in [0.2, 0.25) is 0 Å². The molecule has 16 heavy (non-hydrogen) atoms. The van der Waals surface area contributed by atoms with Gasteiger partial charge in [-0.3, -0.25) is 4.98 Å². The molecule has 2 rings (SSSR count). The van der Waals surface area contributed by atoms with Crippen LogP contribution in [-0.4, -0.2) is 4.98 Å². The summed E-state index contributed by atoms with van der Waals surface area (Å²) in [7, 11) is 0. The molecule has 2 aromatic rings. The summed E-state index contributed by atoms with van der Waals surface area (Å²) in [6.07, 6.45) is 4.90. The summed E-state index contributed by atoms with van der Waals surface area (Å²) in [4.78, 5) is 3.96. The van der Waals surface area contributed by atoms with E-state index >= 15 is 0 Å².